The molecule has 3 nitrogen and oxygen atoms in total. The van der Waals surface area contributed by atoms with Gasteiger partial charge in [0.1, 0.15) is 5.58 Å². The first-order valence-corrected chi connectivity index (χ1v) is 6.14. The number of fused-ring (bicyclic) bond motifs is 1. The number of nitrogens with one attached hydrogen (secondary N) is 1. The summed E-state index contributed by atoms with van der Waals surface area (Å²) in [6, 6.07) is 8.10. The summed E-state index contributed by atoms with van der Waals surface area (Å²) in [7, 11) is 0. The van der Waals surface area contributed by atoms with Crippen LogP contribution in [-0.2, 0) is 6.42 Å². The quantitative estimate of drug-likeness (QED) is 0.832. The smallest absolute Gasteiger partial charge is 0.133 e. The van der Waals surface area contributed by atoms with Crippen LogP contribution in [0.25, 0.3) is 11.0 Å². The topological polar surface area (TPSA) is 45.4 Å². The predicted molar refractivity (Wildman–Crippen MR) is 67.0 cm³/mol. The number of furan rings is 1. The number of hydrogen-bond donors (Lipinski definition) is 2. The highest BCUT2D eigenvalue weighted by atomic mass is 16.3. The maximum Gasteiger partial charge on any atom is 0.133 e. The highest BCUT2D eigenvalue weighted by Crippen LogP contribution is 2.25. The molecule has 1 saturated heterocycles. The van der Waals surface area contributed by atoms with Crippen LogP contribution >= 0.6 is 0 Å². The zero-order valence-corrected chi connectivity index (χ0v) is 9.78. The summed E-state index contributed by atoms with van der Waals surface area (Å²) >= 11 is 0. The van der Waals surface area contributed by atoms with Crippen molar-refractivity contribution in [2.24, 2.45) is 0 Å². The molecule has 17 heavy (non-hydrogen) atoms. The lowest BCUT2D eigenvalue weighted by molar-refractivity contribution is 0.0109. The molecule has 3 heteroatoms. The van der Waals surface area contributed by atoms with Crippen molar-refractivity contribution in [2.75, 3.05) is 13.1 Å². The largest absolute Gasteiger partial charge is 0.464 e. The summed E-state index contributed by atoms with van der Waals surface area (Å²) in [5, 5.41) is 14.9. The third-order valence-electron chi connectivity index (χ3n) is 3.58. The van der Waals surface area contributed by atoms with Crippen molar-refractivity contribution in [1.82, 2.24) is 5.32 Å². The number of rotatable bonds is 2. The Kier molecular flexibility index (Phi) is 2.65. The van der Waals surface area contributed by atoms with Crippen LogP contribution < -0.4 is 5.32 Å². The van der Waals surface area contributed by atoms with Gasteiger partial charge in [0, 0.05) is 11.8 Å². The first-order chi connectivity index (χ1) is 8.25. The van der Waals surface area contributed by atoms with Gasteiger partial charge in [-0.2, -0.15) is 0 Å². The van der Waals surface area contributed by atoms with Gasteiger partial charge in [0.25, 0.3) is 0 Å². The van der Waals surface area contributed by atoms with Crippen LogP contribution in [0.5, 0.6) is 0 Å². The first kappa shape index (κ1) is 10.8. The van der Waals surface area contributed by atoms with Crippen LogP contribution in [0.3, 0.4) is 0 Å². The summed E-state index contributed by atoms with van der Waals surface area (Å²) in [4.78, 5) is 0. The van der Waals surface area contributed by atoms with Gasteiger partial charge in [0.05, 0.1) is 11.9 Å². The van der Waals surface area contributed by atoms with Crippen LogP contribution in [0.15, 0.2) is 34.9 Å². The van der Waals surface area contributed by atoms with E-state index in [0.717, 1.165) is 43.3 Å². The molecule has 3 rings (SSSR count). The minimum Gasteiger partial charge on any atom is -0.464 e. The Morgan fingerprint density at radius 2 is 2.06 bits per heavy atom. The van der Waals surface area contributed by atoms with Crippen molar-refractivity contribution in [3.8, 4) is 0 Å². The third-order valence-corrected chi connectivity index (χ3v) is 3.58. The third kappa shape index (κ3) is 2.21. The van der Waals surface area contributed by atoms with E-state index < -0.39 is 5.60 Å². The Morgan fingerprint density at radius 3 is 2.88 bits per heavy atom. The fourth-order valence-electron chi connectivity index (χ4n) is 2.57. The van der Waals surface area contributed by atoms with E-state index in [1.807, 2.05) is 18.2 Å². The second-order valence-corrected chi connectivity index (χ2v) is 4.94. The van der Waals surface area contributed by atoms with E-state index in [-0.39, 0.29) is 0 Å². The molecule has 0 saturated carbocycles. The molecule has 0 unspecified atom stereocenters. The van der Waals surface area contributed by atoms with Crippen molar-refractivity contribution in [2.45, 2.75) is 24.9 Å². The molecule has 0 aliphatic carbocycles. The molecule has 0 radical (unpaired) electrons. The van der Waals surface area contributed by atoms with Gasteiger partial charge in [-0.15, -0.1) is 0 Å². The van der Waals surface area contributed by atoms with E-state index >= 15 is 0 Å². The average Bonchev–Trinajstić information content (AvgIpc) is 2.76. The highest BCUT2D eigenvalue weighted by molar-refractivity contribution is 5.77. The molecule has 1 aliphatic rings. The minimum atomic E-state index is -0.539. The summed E-state index contributed by atoms with van der Waals surface area (Å²) in [5.41, 5.74) is 1.55. The van der Waals surface area contributed by atoms with Crippen molar-refractivity contribution >= 4 is 11.0 Å². The molecule has 1 aromatic carbocycles. The van der Waals surface area contributed by atoms with E-state index in [0.29, 0.717) is 0 Å². The normalized spacial score (nSPS) is 19.6. The molecule has 1 aromatic heterocycles. The molecule has 0 amide bonds. The molecule has 0 bridgehead atoms. The molecule has 1 aliphatic heterocycles. The lowest BCUT2D eigenvalue weighted by atomic mass is 9.86. The molecule has 2 aromatic rings. The average molecular weight is 231 g/mol. The van der Waals surface area contributed by atoms with E-state index in [4.69, 9.17) is 4.42 Å². The predicted octanol–water partition coefficient (Wildman–Crippen LogP) is 2.09. The van der Waals surface area contributed by atoms with E-state index in [2.05, 4.69) is 11.4 Å². The van der Waals surface area contributed by atoms with Gasteiger partial charge >= 0.3 is 0 Å². The second kappa shape index (κ2) is 4.17. The van der Waals surface area contributed by atoms with Crippen LogP contribution in [-0.4, -0.2) is 23.8 Å². The number of piperidine rings is 1. The van der Waals surface area contributed by atoms with Crippen LogP contribution in [0, 0.1) is 0 Å². The van der Waals surface area contributed by atoms with Gasteiger partial charge in [-0.1, -0.05) is 6.07 Å². The van der Waals surface area contributed by atoms with Crippen molar-refractivity contribution in [3.05, 3.63) is 36.1 Å². The number of benzene rings is 1. The Balaban J connectivity index is 1.83. The molecular weight excluding hydrogens is 214 g/mol. The number of aliphatic hydroxyl groups is 1. The molecular formula is C14H17NO2. The Morgan fingerprint density at radius 1 is 1.24 bits per heavy atom. The van der Waals surface area contributed by atoms with Crippen LogP contribution in [0.4, 0.5) is 0 Å². The molecule has 90 valence electrons. The summed E-state index contributed by atoms with van der Waals surface area (Å²) < 4.78 is 5.32. The molecule has 2 heterocycles. The Bertz CT molecular complexity index is 512. The molecule has 1 fully saturated rings. The van der Waals surface area contributed by atoms with Crippen molar-refractivity contribution in [1.29, 1.82) is 0 Å². The fourth-order valence-corrected chi connectivity index (χ4v) is 2.57. The molecule has 2 N–H and O–H groups in total. The molecule has 0 atom stereocenters. The van der Waals surface area contributed by atoms with Gasteiger partial charge < -0.3 is 14.8 Å². The first-order valence-electron chi connectivity index (χ1n) is 6.14. The lowest BCUT2D eigenvalue weighted by Crippen LogP contribution is -2.43. The maximum atomic E-state index is 10.5. The zero-order chi connectivity index (χ0) is 11.7. The molecule has 0 spiro atoms. The summed E-state index contributed by atoms with van der Waals surface area (Å²) in [5.74, 6) is 0. The SMILES string of the molecule is OC1(Cc2ccc3occc3c2)CCNCC1. The van der Waals surface area contributed by atoms with Crippen molar-refractivity contribution < 1.29 is 9.52 Å². The van der Waals surface area contributed by atoms with E-state index in [9.17, 15) is 5.11 Å². The maximum absolute atomic E-state index is 10.5. The Hall–Kier alpha value is -1.32. The van der Waals surface area contributed by atoms with Gasteiger partial charge in [0.2, 0.25) is 0 Å². The van der Waals surface area contributed by atoms with Gasteiger partial charge in [0.15, 0.2) is 0 Å². The summed E-state index contributed by atoms with van der Waals surface area (Å²) in [6.07, 6.45) is 4.09. The highest BCUT2D eigenvalue weighted by Gasteiger charge is 2.29. The van der Waals surface area contributed by atoms with Gasteiger partial charge in [-0.3, -0.25) is 0 Å². The fraction of sp³-hybridized carbons (Fsp3) is 0.429. The standard InChI is InChI=1S/C14H17NO2/c16-14(4-6-15-7-5-14)10-11-1-2-13-12(9-11)3-8-17-13/h1-3,8-9,15-16H,4-7,10H2. The van der Waals surface area contributed by atoms with E-state index in [1.54, 1.807) is 6.26 Å². The van der Waals surface area contributed by atoms with Gasteiger partial charge in [-0.05, 0) is 49.7 Å². The monoisotopic (exact) mass is 231 g/mol. The van der Waals surface area contributed by atoms with Crippen LogP contribution in [0.2, 0.25) is 0 Å². The zero-order valence-electron chi connectivity index (χ0n) is 9.78. The van der Waals surface area contributed by atoms with E-state index in [1.165, 1.54) is 5.56 Å². The lowest BCUT2D eigenvalue weighted by Gasteiger charge is -2.32. The van der Waals surface area contributed by atoms with Gasteiger partial charge in [-0.25, -0.2) is 0 Å². The Labute approximate surface area is 100 Å². The van der Waals surface area contributed by atoms with Crippen LogP contribution in [0.1, 0.15) is 18.4 Å². The minimum absolute atomic E-state index is 0.539. The summed E-state index contributed by atoms with van der Waals surface area (Å²) in [6.45, 7) is 1.81. The van der Waals surface area contributed by atoms with Crippen molar-refractivity contribution in [3.63, 3.8) is 0 Å². The number of hydrogen-bond acceptors (Lipinski definition) is 3. The second-order valence-electron chi connectivity index (χ2n) is 4.94.